The molecule has 0 atom stereocenters. The number of aromatic hydroxyl groups is 1. The van der Waals surface area contributed by atoms with Gasteiger partial charge in [0, 0.05) is 11.1 Å². The van der Waals surface area contributed by atoms with E-state index in [2.05, 4.69) is 20.8 Å². The minimum atomic E-state index is -0.131. The topological polar surface area (TPSA) is 37.3 Å². The third-order valence-electron chi connectivity index (χ3n) is 3.59. The standard InChI is InChI=1S/C15H20O2/c1-15(2,3)13-8-10(9-16)11-6-4-5-7-12(11)14(13)17/h8-9,17H,4-7H2,1-3H3. The number of hydrogen-bond acceptors (Lipinski definition) is 2. The van der Waals surface area contributed by atoms with Crippen LogP contribution in [0, 0.1) is 0 Å². The minimum Gasteiger partial charge on any atom is -0.507 e. The largest absolute Gasteiger partial charge is 0.507 e. The van der Waals surface area contributed by atoms with E-state index in [1.54, 1.807) is 0 Å². The zero-order valence-corrected chi connectivity index (χ0v) is 10.8. The summed E-state index contributed by atoms with van der Waals surface area (Å²) in [7, 11) is 0. The Bertz CT molecular complexity index is 453. The van der Waals surface area contributed by atoms with Gasteiger partial charge in [-0.3, -0.25) is 4.79 Å². The van der Waals surface area contributed by atoms with Gasteiger partial charge in [0.25, 0.3) is 0 Å². The quantitative estimate of drug-likeness (QED) is 0.754. The van der Waals surface area contributed by atoms with Gasteiger partial charge in [0.15, 0.2) is 0 Å². The van der Waals surface area contributed by atoms with E-state index in [-0.39, 0.29) is 5.41 Å². The highest BCUT2D eigenvalue weighted by Gasteiger charge is 2.25. The highest BCUT2D eigenvalue weighted by molar-refractivity contribution is 5.80. The van der Waals surface area contributed by atoms with Crippen molar-refractivity contribution < 1.29 is 9.90 Å². The second-order valence-electron chi connectivity index (χ2n) is 5.89. The maximum absolute atomic E-state index is 11.2. The Morgan fingerprint density at radius 2 is 1.76 bits per heavy atom. The van der Waals surface area contributed by atoms with Crippen LogP contribution in [0.1, 0.15) is 60.7 Å². The molecule has 0 aromatic heterocycles. The maximum atomic E-state index is 11.2. The first-order valence-electron chi connectivity index (χ1n) is 6.28. The van der Waals surface area contributed by atoms with Crippen molar-refractivity contribution >= 4 is 6.29 Å². The van der Waals surface area contributed by atoms with E-state index in [1.807, 2.05) is 6.07 Å². The van der Waals surface area contributed by atoms with Crippen LogP contribution in [0.3, 0.4) is 0 Å². The monoisotopic (exact) mass is 232 g/mol. The molecule has 0 radical (unpaired) electrons. The molecular weight excluding hydrogens is 212 g/mol. The van der Waals surface area contributed by atoms with Crippen LogP contribution in [0.2, 0.25) is 0 Å². The molecule has 1 aromatic carbocycles. The van der Waals surface area contributed by atoms with Crippen LogP contribution in [0.5, 0.6) is 5.75 Å². The van der Waals surface area contributed by atoms with Crippen LogP contribution in [0.25, 0.3) is 0 Å². The van der Waals surface area contributed by atoms with Gasteiger partial charge in [-0.05, 0) is 48.3 Å². The molecule has 0 saturated heterocycles. The summed E-state index contributed by atoms with van der Waals surface area (Å²) in [5.74, 6) is 0.415. The Hall–Kier alpha value is -1.31. The van der Waals surface area contributed by atoms with Crippen molar-refractivity contribution in [1.82, 2.24) is 0 Å². The molecule has 2 heteroatoms. The van der Waals surface area contributed by atoms with Crippen molar-refractivity contribution in [1.29, 1.82) is 0 Å². The molecule has 92 valence electrons. The van der Waals surface area contributed by atoms with Crippen LogP contribution in [-0.4, -0.2) is 11.4 Å². The SMILES string of the molecule is CC(C)(C)c1cc(C=O)c2c(c1O)CCCC2. The summed E-state index contributed by atoms with van der Waals surface area (Å²) in [5.41, 5.74) is 3.60. The molecule has 1 aliphatic rings. The fourth-order valence-electron chi connectivity index (χ4n) is 2.64. The number of phenolic OH excluding ortho intramolecular Hbond substituents is 1. The van der Waals surface area contributed by atoms with Crippen molar-refractivity contribution in [3.8, 4) is 5.75 Å². The van der Waals surface area contributed by atoms with E-state index in [0.29, 0.717) is 5.75 Å². The zero-order chi connectivity index (χ0) is 12.6. The zero-order valence-electron chi connectivity index (χ0n) is 10.8. The van der Waals surface area contributed by atoms with Gasteiger partial charge < -0.3 is 5.11 Å². The van der Waals surface area contributed by atoms with Gasteiger partial charge in [0.2, 0.25) is 0 Å². The van der Waals surface area contributed by atoms with E-state index >= 15 is 0 Å². The second kappa shape index (κ2) is 4.17. The third-order valence-corrected chi connectivity index (χ3v) is 3.59. The van der Waals surface area contributed by atoms with Crippen LogP contribution >= 0.6 is 0 Å². The number of hydrogen-bond donors (Lipinski definition) is 1. The summed E-state index contributed by atoms with van der Waals surface area (Å²) < 4.78 is 0. The summed E-state index contributed by atoms with van der Waals surface area (Å²) in [6.45, 7) is 6.18. The molecule has 1 aromatic rings. The first kappa shape index (κ1) is 12.2. The summed E-state index contributed by atoms with van der Waals surface area (Å²) in [6.07, 6.45) is 4.96. The molecule has 0 bridgehead atoms. The highest BCUT2D eigenvalue weighted by atomic mass is 16.3. The maximum Gasteiger partial charge on any atom is 0.150 e. The molecule has 1 aliphatic carbocycles. The molecule has 0 fully saturated rings. The average molecular weight is 232 g/mol. The number of rotatable bonds is 1. The molecule has 2 rings (SSSR count). The number of phenols is 1. The van der Waals surface area contributed by atoms with Gasteiger partial charge in [0.1, 0.15) is 12.0 Å². The molecule has 0 saturated carbocycles. The predicted molar refractivity (Wildman–Crippen MR) is 68.8 cm³/mol. The van der Waals surface area contributed by atoms with Crippen LogP contribution < -0.4 is 0 Å². The molecule has 0 spiro atoms. The molecule has 1 N–H and O–H groups in total. The number of carbonyl (C=O) groups excluding carboxylic acids is 1. The lowest BCUT2D eigenvalue weighted by Crippen LogP contribution is -2.16. The summed E-state index contributed by atoms with van der Waals surface area (Å²) in [6, 6.07) is 1.87. The fourth-order valence-corrected chi connectivity index (χ4v) is 2.64. The Balaban J connectivity index is 2.69. The number of fused-ring (bicyclic) bond motifs is 1. The van der Waals surface area contributed by atoms with E-state index in [9.17, 15) is 9.90 Å². The lowest BCUT2D eigenvalue weighted by Gasteiger charge is -2.26. The van der Waals surface area contributed by atoms with Gasteiger partial charge in [-0.2, -0.15) is 0 Å². The van der Waals surface area contributed by atoms with Gasteiger partial charge in [-0.1, -0.05) is 20.8 Å². The average Bonchev–Trinajstić information content (AvgIpc) is 2.28. The van der Waals surface area contributed by atoms with Crippen molar-refractivity contribution in [2.45, 2.75) is 51.9 Å². The highest BCUT2D eigenvalue weighted by Crippen LogP contribution is 2.39. The van der Waals surface area contributed by atoms with E-state index in [0.717, 1.165) is 54.2 Å². The van der Waals surface area contributed by atoms with Crippen LogP contribution in [0.15, 0.2) is 6.07 Å². The fraction of sp³-hybridized carbons (Fsp3) is 0.533. The Morgan fingerprint density at radius 3 is 2.29 bits per heavy atom. The number of benzene rings is 1. The summed E-state index contributed by atoms with van der Waals surface area (Å²) in [5, 5.41) is 10.4. The lowest BCUT2D eigenvalue weighted by atomic mass is 9.79. The lowest BCUT2D eigenvalue weighted by molar-refractivity contribution is 0.112. The van der Waals surface area contributed by atoms with Gasteiger partial charge in [-0.15, -0.1) is 0 Å². The molecule has 2 nitrogen and oxygen atoms in total. The molecular formula is C15H20O2. The first-order valence-corrected chi connectivity index (χ1v) is 6.28. The normalized spacial score (nSPS) is 15.5. The summed E-state index contributed by atoms with van der Waals surface area (Å²) >= 11 is 0. The Labute approximate surface area is 103 Å². The Kier molecular flexibility index (Phi) is 2.98. The van der Waals surface area contributed by atoms with Crippen molar-refractivity contribution in [3.05, 3.63) is 28.3 Å². The van der Waals surface area contributed by atoms with Gasteiger partial charge >= 0.3 is 0 Å². The molecule has 17 heavy (non-hydrogen) atoms. The predicted octanol–water partition coefficient (Wildman–Crippen LogP) is 3.38. The van der Waals surface area contributed by atoms with Crippen molar-refractivity contribution in [2.75, 3.05) is 0 Å². The minimum absolute atomic E-state index is 0.131. The van der Waals surface area contributed by atoms with Crippen LogP contribution in [-0.2, 0) is 18.3 Å². The third kappa shape index (κ3) is 2.08. The molecule has 0 unspecified atom stereocenters. The van der Waals surface area contributed by atoms with Gasteiger partial charge in [0.05, 0.1) is 0 Å². The van der Waals surface area contributed by atoms with Crippen molar-refractivity contribution in [2.24, 2.45) is 0 Å². The number of aldehydes is 1. The summed E-state index contributed by atoms with van der Waals surface area (Å²) in [4.78, 5) is 11.2. The van der Waals surface area contributed by atoms with E-state index in [1.165, 1.54) is 0 Å². The van der Waals surface area contributed by atoms with Crippen LogP contribution in [0.4, 0.5) is 0 Å². The van der Waals surface area contributed by atoms with Gasteiger partial charge in [-0.25, -0.2) is 0 Å². The van der Waals surface area contributed by atoms with E-state index in [4.69, 9.17) is 0 Å². The van der Waals surface area contributed by atoms with E-state index < -0.39 is 0 Å². The number of carbonyl (C=O) groups is 1. The molecule has 0 aliphatic heterocycles. The van der Waals surface area contributed by atoms with Crippen molar-refractivity contribution in [3.63, 3.8) is 0 Å². The molecule has 0 heterocycles. The smallest absolute Gasteiger partial charge is 0.150 e. The Morgan fingerprint density at radius 1 is 1.18 bits per heavy atom. The molecule has 0 amide bonds. The second-order valence-corrected chi connectivity index (χ2v) is 5.89. The first-order chi connectivity index (χ1) is 7.95.